The molecule has 4 heteroatoms. The van der Waals surface area contributed by atoms with Crippen LogP contribution in [0.5, 0.6) is 0 Å². The highest BCUT2D eigenvalue weighted by atomic mass is 16.4. The summed E-state index contributed by atoms with van der Waals surface area (Å²) in [5.41, 5.74) is -0.398. The Balaban J connectivity index is 2.54. The van der Waals surface area contributed by atoms with Gasteiger partial charge in [0.05, 0.1) is 11.6 Å². The molecule has 4 nitrogen and oxygen atoms in total. The van der Waals surface area contributed by atoms with Gasteiger partial charge in [0.1, 0.15) is 11.2 Å². The zero-order chi connectivity index (χ0) is 11.8. The van der Waals surface area contributed by atoms with Gasteiger partial charge in [0.25, 0.3) is 0 Å². The number of nitriles is 1. The van der Waals surface area contributed by atoms with Gasteiger partial charge in [-0.05, 0) is 11.6 Å². The lowest BCUT2D eigenvalue weighted by Crippen LogP contribution is -2.48. The summed E-state index contributed by atoms with van der Waals surface area (Å²) < 4.78 is 0. The molecule has 1 aliphatic rings. The molecule has 0 aromatic heterocycles. The standard InChI is InChI=1S/C12H9NO3/c13-7-8-3-1-2-4-10(8)12(11(15)16)5-9(14)6-12/h1-4H,5-6H2,(H,15,16). The first-order valence-corrected chi connectivity index (χ1v) is 4.85. The van der Waals surface area contributed by atoms with Crippen LogP contribution in [0, 0.1) is 11.3 Å². The maximum absolute atomic E-state index is 11.3. The molecule has 0 amide bonds. The molecule has 0 atom stereocenters. The van der Waals surface area contributed by atoms with E-state index in [1.54, 1.807) is 24.3 Å². The molecule has 80 valence electrons. The van der Waals surface area contributed by atoms with Crippen molar-refractivity contribution < 1.29 is 14.7 Å². The molecule has 1 N–H and O–H groups in total. The smallest absolute Gasteiger partial charge is 0.315 e. The van der Waals surface area contributed by atoms with Crippen LogP contribution < -0.4 is 0 Å². The van der Waals surface area contributed by atoms with Gasteiger partial charge >= 0.3 is 5.97 Å². The second-order valence-electron chi connectivity index (χ2n) is 3.94. The SMILES string of the molecule is N#Cc1ccccc1C1(C(=O)O)CC(=O)C1. The summed E-state index contributed by atoms with van der Waals surface area (Å²) in [6.07, 6.45) is -0.0257. The Morgan fingerprint density at radius 1 is 1.38 bits per heavy atom. The number of aliphatic carboxylic acids is 1. The van der Waals surface area contributed by atoms with Crippen molar-refractivity contribution in [2.24, 2.45) is 0 Å². The number of rotatable bonds is 2. The highest BCUT2D eigenvalue weighted by Gasteiger charge is 2.52. The van der Waals surface area contributed by atoms with Crippen LogP contribution in [0.1, 0.15) is 24.0 Å². The van der Waals surface area contributed by atoms with Crippen LogP contribution in [0.25, 0.3) is 0 Å². The third kappa shape index (κ3) is 1.29. The predicted octanol–water partition coefficient (Wildman–Crippen LogP) is 1.24. The number of carbonyl (C=O) groups excluding carboxylic acids is 1. The second-order valence-corrected chi connectivity index (χ2v) is 3.94. The van der Waals surface area contributed by atoms with E-state index in [1.165, 1.54) is 0 Å². The molecule has 0 bridgehead atoms. The van der Waals surface area contributed by atoms with Crippen LogP contribution >= 0.6 is 0 Å². The lowest BCUT2D eigenvalue weighted by atomic mass is 9.62. The van der Waals surface area contributed by atoms with Crippen molar-refractivity contribution in [1.82, 2.24) is 0 Å². The Labute approximate surface area is 92.1 Å². The molecule has 1 aromatic rings. The van der Waals surface area contributed by atoms with E-state index in [4.69, 9.17) is 5.26 Å². The highest BCUT2D eigenvalue weighted by Crippen LogP contribution is 2.42. The molecule has 0 spiro atoms. The number of benzene rings is 1. The zero-order valence-corrected chi connectivity index (χ0v) is 8.43. The molecule has 0 heterocycles. The van der Waals surface area contributed by atoms with E-state index in [9.17, 15) is 14.7 Å². The van der Waals surface area contributed by atoms with Gasteiger partial charge in [-0.25, -0.2) is 0 Å². The van der Waals surface area contributed by atoms with Gasteiger partial charge in [0.2, 0.25) is 0 Å². The van der Waals surface area contributed by atoms with Crippen molar-refractivity contribution in [1.29, 1.82) is 5.26 Å². The fourth-order valence-electron chi connectivity index (χ4n) is 2.08. The Hall–Kier alpha value is -2.15. The molecule has 0 aliphatic heterocycles. The van der Waals surface area contributed by atoms with Crippen LogP contribution in [0.15, 0.2) is 24.3 Å². The van der Waals surface area contributed by atoms with E-state index in [1.807, 2.05) is 6.07 Å². The van der Waals surface area contributed by atoms with Gasteiger partial charge in [-0.15, -0.1) is 0 Å². The maximum atomic E-state index is 11.3. The monoisotopic (exact) mass is 215 g/mol. The van der Waals surface area contributed by atoms with Crippen LogP contribution in [0.2, 0.25) is 0 Å². The lowest BCUT2D eigenvalue weighted by molar-refractivity contribution is -0.153. The third-order valence-corrected chi connectivity index (χ3v) is 2.97. The van der Waals surface area contributed by atoms with Gasteiger partial charge in [-0.1, -0.05) is 18.2 Å². The molecular formula is C12H9NO3. The predicted molar refractivity (Wildman–Crippen MR) is 54.7 cm³/mol. The minimum Gasteiger partial charge on any atom is -0.481 e. The Morgan fingerprint density at radius 3 is 2.50 bits per heavy atom. The summed E-state index contributed by atoms with van der Waals surface area (Å²) in [6, 6.07) is 8.51. The van der Waals surface area contributed by atoms with Crippen LogP contribution in [0.4, 0.5) is 0 Å². The first-order valence-electron chi connectivity index (χ1n) is 4.85. The van der Waals surface area contributed by atoms with Crippen LogP contribution in [0.3, 0.4) is 0 Å². The number of hydrogen-bond donors (Lipinski definition) is 1. The molecule has 1 saturated carbocycles. The summed E-state index contributed by atoms with van der Waals surface area (Å²) in [5.74, 6) is -1.11. The van der Waals surface area contributed by atoms with Crippen molar-refractivity contribution in [3.8, 4) is 6.07 Å². The van der Waals surface area contributed by atoms with Crippen molar-refractivity contribution in [2.75, 3.05) is 0 Å². The average molecular weight is 215 g/mol. The second kappa shape index (κ2) is 3.46. The molecule has 1 aromatic carbocycles. The molecule has 0 unspecified atom stereocenters. The third-order valence-electron chi connectivity index (χ3n) is 2.97. The van der Waals surface area contributed by atoms with Crippen molar-refractivity contribution in [2.45, 2.75) is 18.3 Å². The van der Waals surface area contributed by atoms with E-state index < -0.39 is 11.4 Å². The lowest BCUT2D eigenvalue weighted by Gasteiger charge is -2.37. The van der Waals surface area contributed by atoms with E-state index in [2.05, 4.69) is 0 Å². The molecule has 16 heavy (non-hydrogen) atoms. The van der Waals surface area contributed by atoms with Crippen molar-refractivity contribution in [3.63, 3.8) is 0 Å². The quantitative estimate of drug-likeness (QED) is 0.805. The van der Waals surface area contributed by atoms with Gasteiger partial charge in [-0.3, -0.25) is 9.59 Å². The number of ketones is 1. The van der Waals surface area contributed by atoms with Crippen molar-refractivity contribution in [3.05, 3.63) is 35.4 Å². The van der Waals surface area contributed by atoms with E-state index in [-0.39, 0.29) is 18.6 Å². The van der Waals surface area contributed by atoms with Crippen molar-refractivity contribution >= 4 is 11.8 Å². The fourth-order valence-corrected chi connectivity index (χ4v) is 2.08. The minimum absolute atomic E-state index is 0.0129. The van der Waals surface area contributed by atoms with Gasteiger partial charge < -0.3 is 5.11 Å². The Morgan fingerprint density at radius 2 is 2.00 bits per heavy atom. The number of Topliss-reactive ketones (excluding diaryl/α,β-unsaturated/α-hetero) is 1. The molecule has 0 saturated heterocycles. The zero-order valence-electron chi connectivity index (χ0n) is 8.43. The number of carboxylic acids is 1. The van der Waals surface area contributed by atoms with Gasteiger partial charge in [-0.2, -0.15) is 5.26 Å². The summed E-state index contributed by atoms with van der Waals surface area (Å²) in [4.78, 5) is 22.3. The first-order chi connectivity index (χ1) is 7.60. The van der Waals surface area contributed by atoms with Gasteiger partial charge in [0.15, 0.2) is 0 Å². The largest absolute Gasteiger partial charge is 0.481 e. The Bertz CT molecular complexity index is 505. The topological polar surface area (TPSA) is 78.2 Å². The number of hydrogen-bond acceptors (Lipinski definition) is 3. The number of carboxylic acid groups (broad SMARTS) is 1. The summed E-state index contributed by atoms with van der Waals surface area (Å²) in [5, 5.41) is 18.1. The summed E-state index contributed by atoms with van der Waals surface area (Å²) in [6.45, 7) is 0. The highest BCUT2D eigenvalue weighted by molar-refractivity contribution is 6.01. The number of nitrogens with zero attached hydrogens (tertiary/aromatic N) is 1. The average Bonchev–Trinajstić information content (AvgIpc) is 2.24. The molecular weight excluding hydrogens is 206 g/mol. The van der Waals surface area contributed by atoms with Crippen LogP contribution in [-0.4, -0.2) is 16.9 Å². The molecule has 1 aliphatic carbocycles. The van der Waals surface area contributed by atoms with Gasteiger partial charge in [0, 0.05) is 12.8 Å². The van der Waals surface area contributed by atoms with E-state index in [0.29, 0.717) is 11.1 Å². The Kier molecular flexibility index (Phi) is 2.24. The van der Waals surface area contributed by atoms with E-state index in [0.717, 1.165) is 0 Å². The van der Waals surface area contributed by atoms with Crippen LogP contribution in [-0.2, 0) is 15.0 Å². The summed E-state index contributed by atoms with van der Waals surface area (Å²) in [7, 11) is 0. The summed E-state index contributed by atoms with van der Waals surface area (Å²) >= 11 is 0. The fraction of sp³-hybridized carbons (Fsp3) is 0.250. The number of carbonyl (C=O) groups is 2. The first kappa shape index (κ1) is 10.4. The van der Waals surface area contributed by atoms with E-state index >= 15 is 0 Å². The normalized spacial score (nSPS) is 17.3. The molecule has 0 radical (unpaired) electrons. The maximum Gasteiger partial charge on any atom is 0.315 e. The minimum atomic E-state index is -1.18. The molecule has 2 rings (SSSR count). The molecule has 1 fully saturated rings.